The van der Waals surface area contributed by atoms with Gasteiger partial charge in [0.05, 0.1) is 0 Å². The lowest BCUT2D eigenvalue weighted by molar-refractivity contribution is 0.0959. The molecule has 1 rings (SSSR count). The van der Waals surface area contributed by atoms with Gasteiger partial charge in [-0.2, -0.15) is 0 Å². The predicted octanol–water partition coefficient (Wildman–Crippen LogP) is 1.71. The zero-order chi connectivity index (χ0) is 14.3. The molecule has 1 aromatic rings. The lowest BCUT2D eigenvalue weighted by Gasteiger charge is -2.16. The van der Waals surface area contributed by atoms with Crippen LogP contribution in [0.15, 0.2) is 0 Å². The number of nitrogens with zero attached hydrogens (tertiary/aromatic N) is 2. The van der Waals surface area contributed by atoms with E-state index in [0.29, 0.717) is 23.7 Å². The van der Waals surface area contributed by atoms with E-state index in [4.69, 9.17) is 5.73 Å². The predicted molar refractivity (Wildman–Crippen MR) is 80.5 cm³/mol. The van der Waals surface area contributed by atoms with Gasteiger partial charge in [0.2, 0.25) is 0 Å². The normalized spacial score (nSPS) is 9.63. The molecule has 0 spiro atoms. The second-order valence-corrected chi connectivity index (χ2v) is 4.79. The first-order chi connectivity index (χ1) is 9.13. The molecule has 0 aliphatic rings. The number of thiazole rings is 1. The number of anilines is 2. The van der Waals surface area contributed by atoms with E-state index in [9.17, 15) is 4.79 Å². The molecule has 1 amide bonds. The first-order valence-electron chi connectivity index (χ1n) is 6.33. The van der Waals surface area contributed by atoms with Crippen LogP contribution in [0.4, 0.5) is 10.9 Å². The highest BCUT2D eigenvalue weighted by Gasteiger charge is 2.17. The Labute approximate surface area is 118 Å². The molecular formula is C13H20N4OS. The molecule has 0 atom stereocenters. The Balaban J connectivity index is 2.71. The number of aromatic nitrogens is 1. The second kappa shape index (κ2) is 7.64. The Morgan fingerprint density at radius 1 is 1.47 bits per heavy atom. The Morgan fingerprint density at radius 2 is 2.16 bits per heavy atom. The molecule has 0 radical (unpaired) electrons. The van der Waals surface area contributed by atoms with Crippen molar-refractivity contribution in [1.29, 1.82) is 0 Å². The van der Waals surface area contributed by atoms with Crippen LogP contribution in [0, 0.1) is 11.8 Å². The maximum atomic E-state index is 12.0. The Bertz CT molecular complexity index is 483. The van der Waals surface area contributed by atoms with Crippen molar-refractivity contribution >= 4 is 28.2 Å². The molecule has 0 saturated heterocycles. The van der Waals surface area contributed by atoms with Crippen molar-refractivity contribution < 1.29 is 4.79 Å². The zero-order valence-electron chi connectivity index (χ0n) is 11.6. The second-order valence-electron chi connectivity index (χ2n) is 3.82. The van der Waals surface area contributed by atoms with Gasteiger partial charge in [0.1, 0.15) is 10.7 Å². The largest absolute Gasteiger partial charge is 0.382 e. The number of carbonyl (C=O) groups is 1. The highest BCUT2D eigenvalue weighted by molar-refractivity contribution is 7.18. The molecule has 0 aliphatic heterocycles. The summed E-state index contributed by atoms with van der Waals surface area (Å²) in [5.41, 5.74) is 5.80. The monoisotopic (exact) mass is 280 g/mol. The first kappa shape index (κ1) is 15.3. The van der Waals surface area contributed by atoms with Gasteiger partial charge in [-0.15, -0.1) is 11.8 Å². The molecule has 104 valence electrons. The average Bonchev–Trinajstić information content (AvgIpc) is 2.78. The van der Waals surface area contributed by atoms with Crippen LogP contribution in [0.1, 0.15) is 36.9 Å². The summed E-state index contributed by atoms with van der Waals surface area (Å²) in [7, 11) is 0. The van der Waals surface area contributed by atoms with Gasteiger partial charge in [0.15, 0.2) is 5.13 Å². The van der Waals surface area contributed by atoms with Gasteiger partial charge in [-0.1, -0.05) is 11.3 Å². The molecule has 6 heteroatoms. The molecule has 5 nitrogen and oxygen atoms in total. The fourth-order valence-corrected chi connectivity index (χ4v) is 2.59. The quantitative estimate of drug-likeness (QED) is 0.615. The summed E-state index contributed by atoms with van der Waals surface area (Å²) < 4.78 is 0. The van der Waals surface area contributed by atoms with Crippen LogP contribution in [-0.2, 0) is 0 Å². The summed E-state index contributed by atoms with van der Waals surface area (Å²) in [6.45, 7) is 8.08. The molecule has 1 heterocycles. The van der Waals surface area contributed by atoms with E-state index >= 15 is 0 Å². The number of hydrogen-bond donors (Lipinski definition) is 2. The number of rotatable bonds is 6. The first-order valence-corrected chi connectivity index (χ1v) is 7.14. The van der Waals surface area contributed by atoms with Crippen molar-refractivity contribution in [2.24, 2.45) is 0 Å². The zero-order valence-corrected chi connectivity index (χ0v) is 12.4. The van der Waals surface area contributed by atoms with Gasteiger partial charge in [-0.05, 0) is 20.8 Å². The fraction of sp³-hybridized carbons (Fsp3) is 0.538. The van der Waals surface area contributed by atoms with E-state index in [1.165, 1.54) is 11.3 Å². The van der Waals surface area contributed by atoms with Crippen molar-refractivity contribution in [3.05, 3.63) is 4.88 Å². The molecule has 0 fully saturated rings. The van der Waals surface area contributed by atoms with Crippen LogP contribution >= 0.6 is 11.3 Å². The van der Waals surface area contributed by atoms with Crippen LogP contribution in [0.2, 0.25) is 0 Å². The molecule has 0 saturated carbocycles. The maximum Gasteiger partial charge on any atom is 0.265 e. The van der Waals surface area contributed by atoms with Crippen molar-refractivity contribution in [3.8, 4) is 11.8 Å². The van der Waals surface area contributed by atoms with Crippen LogP contribution in [0.25, 0.3) is 0 Å². The van der Waals surface area contributed by atoms with Gasteiger partial charge in [-0.3, -0.25) is 4.79 Å². The van der Waals surface area contributed by atoms with Crippen molar-refractivity contribution in [1.82, 2.24) is 10.3 Å². The Morgan fingerprint density at radius 3 is 2.74 bits per heavy atom. The van der Waals surface area contributed by atoms with Crippen LogP contribution in [0.5, 0.6) is 0 Å². The van der Waals surface area contributed by atoms with Gasteiger partial charge < -0.3 is 16.0 Å². The average molecular weight is 280 g/mol. The number of nitrogen functional groups attached to an aromatic ring is 1. The highest BCUT2D eigenvalue weighted by atomic mass is 32.1. The van der Waals surface area contributed by atoms with E-state index in [1.807, 2.05) is 13.8 Å². The number of nitrogens with one attached hydrogen (secondary N) is 1. The minimum absolute atomic E-state index is 0.175. The van der Waals surface area contributed by atoms with E-state index in [2.05, 4.69) is 27.0 Å². The van der Waals surface area contributed by atoms with Gasteiger partial charge in [0.25, 0.3) is 5.91 Å². The minimum Gasteiger partial charge on any atom is -0.382 e. The molecule has 0 bridgehead atoms. The van der Waals surface area contributed by atoms with Gasteiger partial charge >= 0.3 is 0 Å². The van der Waals surface area contributed by atoms with Crippen LogP contribution in [-0.4, -0.2) is 30.5 Å². The number of amides is 1. The summed E-state index contributed by atoms with van der Waals surface area (Å²) in [5, 5.41) is 3.59. The standard InChI is InChI=1S/C13H20N4OS/c1-4-7-8-9-15-12(18)10-11(14)16-13(19-10)17(5-2)6-3/h5-6,8-9,14H2,1-3H3,(H,15,18). The summed E-state index contributed by atoms with van der Waals surface area (Å²) in [5.74, 6) is 5.80. The lowest BCUT2D eigenvalue weighted by atomic mass is 10.4. The van der Waals surface area contributed by atoms with E-state index in [1.54, 1.807) is 6.92 Å². The van der Waals surface area contributed by atoms with Crippen LogP contribution < -0.4 is 16.0 Å². The van der Waals surface area contributed by atoms with Crippen molar-refractivity contribution in [3.63, 3.8) is 0 Å². The van der Waals surface area contributed by atoms with Gasteiger partial charge in [-0.25, -0.2) is 4.98 Å². The Kier molecular flexibility index (Phi) is 6.16. The third-order valence-corrected chi connectivity index (χ3v) is 3.73. The summed E-state index contributed by atoms with van der Waals surface area (Å²) in [6, 6.07) is 0. The molecule has 0 aromatic carbocycles. The third kappa shape index (κ3) is 4.14. The number of hydrogen-bond acceptors (Lipinski definition) is 5. The summed E-state index contributed by atoms with van der Waals surface area (Å²) >= 11 is 1.33. The molecule has 0 aliphatic carbocycles. The minimum atomic E-state index is -0.175. The number of nitrogens with two attached hydrogens (primary N) is 1. The molecule has 19 heavy (non-hydrogen) atoms. The molecule has 3 N–H and O–H groups in total. The number of carbonyl (C=O) groups excluding carboxylic acids is 1. The summed E-state index contributed by atoms with van der Waals surface area (Å²) in [4.78, 5) is 18.8. The van der Waals surface area contributed by atoms with Gasteiger partial charge in [0, 0.05) is 26.1 Å². The SMILES string of the molecule is CC#CCCNC(=O)c1sc(N(CC)CC)nc1N. The Hall–Kier alpha value is -1.74. The van der Waals surface area contributed by atoms with E-state index in [-0.39, 0.29) is 5.91 Å². The molecular weight excluding hydrogens is 260 g/mol. The van der Waals surface area contributed by atoms with Crippen molar-refractivity contribution in [2.75, 3.05) is 30.3 Å². The van der Waals surface area contributed by atoms with E-state index < -0.39 is 0 Å². The van der Waals surface area contributed by atoms with Crippen molar-refractivity contribution in [2.45, 2.75) is 27.2 Å². The lowest BCUT2D eigenvalue weighted by Crippen LogP contribution is -2.24. The third-order valence-electron chi connectivity index (χ3n) is 2.59. The maximum absolute atomic E-state index is 12.0. The topological polar surface area (TPSA) is 71.2 Å². The molecule has 1 aromatic heterocycles. The highest BCUT2D eigenvalue weighted by Crippen LogP contribution is 2.27. The van der Waals surface area contributed by atoms with Crippen LogP contribution in [0.3, 0.4) is 0 Å². The smallest absolute Gasteiger partial charge is 0.265 e. The summed E-state index contributed by atoms with van der Waals surface area (Å²) in [6.07, 6.45) is 0.643. The van der Waals surface area contributed by atoms with E-state index in [0.717, 1.165) is 18.2 Å². The molecule has 0 unspecified atom stereocenters. The fourth-order valence-electron chi connectivity index (χ4n) is 1.56.